The minimum absolute atomic E-state index is 0.276. The van der Waals surface area contributed by atoms with Crippen molar-refractivity contribution in [1.82, 2.24) is 4.68 Å². The van der Waals surface area contributed by atoms with Crippen LogP contribution >= 0.6 is 11.3 Å². The Morgan fingerprint density at radius 2 is 2.08 bits per heavy atom. The van der Waals surface area contributed by atoms with Gasteiger partial charge in [0.1, 0.15) is 12.4 Å². The number of benzene rings is 1. The zero-order valence-electron chi connectivity index (χ0n) is 14.5. The van der Waals surface area contributed by atoms with Crippen LogP contribution in [0.25, 0.3) is 0 Å². The Morgan fingerprint density at radius 3 is 2.77 bits per heavy atom. The molecule has 7 heteroatoms. The highest BCUT2D eigenvalue weighted by molar-refractivity contribution is 7.09. The normalized spacial score (nSPS) is 11.0. The first-order chi connectivity index (χ1) is 12.6. The Balaban J connectivity index is 1.80. The van der Waals surface area contributed by atoms with Crippen LogP contribution in [0.3, 0.4) is 0 Å². The van der Waals surface area contributed by atoms with Crippen molar-refractivity contribution in [3.05, 3.63) is 74.2 Å². The second-order valence-corrected chi connectivity index (χ2v) is 6.66. The molecule has 0 atom stereocenters. The van der Waals surface area contributed by atoms with E-state index in [1.807, 2.05) is 36.6 Å². The van der Waals surface area contributed by atoms with Gasteiger partial charge in [-0.2, -0.15) is 9.78 Å². The lowest BCUT2D eigenvalue weighted by atomic mass is 10.2. The Labute approximate surface area is 155 Å². The largest absolute Gasteiger partial charge is 0.493 e. The Morgan fingerprint density at radius 1 is 1.23 bits per heavy atom. The molecule has 0 radical (unpaired) electrons. The van der Waals surface area contributed by atoms with Gasteiger partial charge in [-0.25, -0.2) is 0 Å². The number of hydrogen-bond donors (Lipinski definition) is 1. The maximum absolute atomic E-state index is 12.0. The third-order valence-electron chi connectivity index (χ3n) is 3.64. The number of aromatic nitrogens is 1. The quantitative estimate of drug-likeness (QED) is 0.677. The van der Waals surface area contributed by atoms with E-state index in [0.29, 0.717) is 18.1 Å². The van der Waals surface area contributed by atoms with Gasteiger partial charge in [-0.15, -0.1) is 11.3 Å². The number of hydrogen-bond acceptors (Lipinski definition) is 6. The number of ether oxygens (including phenoxy) is 2. The van der Waals surface area contributed by atoms with Gasteiger partial charge in [0.15, 0.2) is 11.5 Å². The zero-order chi connectivity index (χ0) is 18.5. The van der Waals surface area contributed by atoms with Gasteiger partial charge in [-0.3, -0.25) is 4.79 Å². The molecule has 2 aromatic heterocycles. The molecule has 134 valence electrons. The highest BCUT2D eigenvalue weighted by Crippen LogP contribution is 2.28. The lowest BCUT2D eigenvalue weighted by molar-refractivity contribution is 0.287. The standard InChI is InChI=1S/C19H19N3O3S/c1-13-8-18(20)22(19(23)9-13)21-11-14-5-6-16(17(10-14)24-2)25-12-15-4-3-7-26-15/h3-11H,12,20H2,1-2H3/b21-11-. The van der Waals surface area contributed by atoms with Crippen molar-refractivity contribution < 1.29 is 9.47 Å². The van der Waals surface area contributed by atoms with Crippen LogP contribution in [-0.4, -0.2) is 18.0 Å². The van der Waals surface area contributed by atoms with Crippen LogP contribution in [-0.2, 0) is 6.61 Å². The molecule has 0 aliphatic heterocycles. The van der Waals surface area contributed by atoms with Crippen LogP contribution in [0.5, 0.6) is 11.5 Å². The van der Waals surface area contributed by atoms with Gasteiger partial charge in [0.25, 0.3) is 5.56 Å². The summed E-state index contributed by atoms with van der Waals surface area (Å²) < 4.78 is 12.4. The number of nitrogens with two attached hydrogens (primary N) is 1. The van der Waals surface area contributed by atoms with Gasteiger partial charge in [-0.1, -0.05) is 6.07 Å². The monoisotopic (exact) mass is 369 g/mol. The number of thiophene rings is 1. The highest BCUT2D eigenvalue weighted by atomic mass is 32.1. The number of methoxy groups -OCH3 is 1. The van der Waals surface area contributed by atoms with E-state index in [1.54, 1.807) is 36.8 Å². The second-order valence-electron chi connectivity index (χ2n) is 5.63. The molecule has 0 saturated heterocycles. The third kappa shape index (κ3) is 4.12. The third-order valence-corrected chi connectivity index (χ3v) is 4.49. The van der Waals surface area contributed by atoms with E-state index >= 15 is 0 Å². The molecule has 6 nitrogen and oxygen atoms in total. The van der Waals surface area contributed by atoms with Gasteiger partial charge in [0.05, 0.1) is 13.3 Å². The maximum Gasteiger partial charge on any atom is 0.273 e. The van der Waals surface area contributed by atoms with Gasteiger partial charge in [0.2, 0.25) is 0 Å². The number of nitrogens with zero attached hydrogens (tertiary/aromatic N) is 2. The van der Waals surface area contributed by atoms with E-state index in [4.69, 9.17) is 15.2 Å². The first-order valence-electron chi connectivity index (χ1n) is 7.93. The Hall–Kier alpha value is -3.06. The smallest absolute Gasteiger partial charge is 0.273 e. The summed E-state index contributed by atoms with van der Waals surface area (Å²) in [7, 11) is 1.58. The summed E-state index contributed by atoms with van der Waals surface area (Å²) >= 11 is 1.64. The summed E-state index contributed by atoms with van der Waals surface area (Å²) in [4.78, 5) is 13.1. The predicted octanol–water partition coefficient (Wildman–Crippen LogP) is 3.27. The molecule has 26 heavy (non-hydrogen) atoms. The Bertz CT molecular complexity index is 978. The summed E-state index contributed by atoms with van der Waals surface area (Å²) in [6.45, 7) is 2.29. The highest BCUT2D eigenvalue weighted by Gasteiger charge is 2.06. The molecule has 0 saturated carbocycles. The molecule has 0 fully saturated rings. The van der Waals surface area contributed by atoms with E-state index in [0.717, 1.165) is 20.7 Å². The van der Waals surface area contributed by atoms with Crippen molar-refractivity contribution in [3.63, 3.8) is 0 Å². The van der Waals surface area contributed by atoms with E-state index in [1.165, 1.54) is 6.07 Å². The van der Waals surface area contributed by atoms with Crippen molar-refractivity contribution in [2.75, 3.05) is 12.8 Å². The summed E-state index contributed by atoms with van der Waals surface area (Å²) in [5, 5.41) is 6.18. The van der Waals surface area contributed by atoms with Crippen LogP contribution in [0.15, 0.2) is 57.7 Å². The van der Waals surface area contributed by atoms with Gasteiger partial charge in [0, 0.05) is 10.9 Å². The van der Waals surface area contributed by atoms with Crippen molar-refractivity contribution >= 4 is 23.4 Å². The molecular formula is C19H19N3O3S. The average Bonchev–Trinajstić information content (AvgIpc) is 3.13. The van der Waals surface area contributed by atoms with Crippen LogP contribution in [0, 0.1) is 6.92 Å². The lowest BCUT2D eigenvalue weighted by Crippen LogP contribution is -2.19. The molecule has 3 rings (SSSR count). The van der Waals surface area contributed by atoms with Gasteiger partial charge < -0.3 is 15.2 Å². The molecular weight excluding hydrogens is 350 g/mol. The fourth-order valence-electron chi connectivity index (χ4n) is 2.39. The van der Waals surface area contributed by atoms with Crippen LogP contribution in [0.2, 0.25) is 0 Å². The van der Waals surface area contributed by atoms with E-state index < -0.39 is 0 Å². The van der Waals surface area contributed by atoms with Gasteiger partial charge in [-0.05, 0) is 53.8 Å². The molecule has 0 amide bonds. The summed E-state index contributed by atoms with van der Waals surface area (Å²) in [6, 6.07) is 12.6. The molecule has 2 N–H and O–H groups in total. The van der Waals surface area contributed by atoms with Crippen LogP contribution < -0.4 is 20.8 Å². The maximum atomic E-state index is 12.0. The number of pyridine rings is 1. The van der Waals surface area contributed by atoms with E-state index in [9.17, 15) is 4.79 Å². The second kappa shape index (κ2) is 7.88. The van der Waals surface area contributed by atoms with Crippen molar-refractivity contribution in [2.24, 2.45) is 5.10 Å². The topological polar surface area (TPSA) is 78.8 Å². The van der Waals surface area contributed by atoms with Crippen molar-refractivity contribution in [3.8, 4) is 11.5 Å². The number of aryl methyl sites for hydroxylation is 1. The minimum atomic E-state index is -0.276. The Kier molecular flexibility index (Phi) is 5.38. The molecule has 0 unspecified atom stereocenters. The molecule has 2 heterocycles. The number of nitrogen functional groups attached to an aromatic ring is 1. The first kappa shape index (κ1) is 17.8. The average molecular weight is 369 g/mol. The lowest BCUT2D eigenvalue weighted by Gasteiger charge is -2.10. The summed E-state index contributed by atoms with van der Waals surface area (Å²) in [5.41, 5.74) is 7.14. The summed E-state index contributed by atoms with van der Waals surface area (Å²) in [6.07, 6.45) is 1.55. The minimum Gasteiger partial charge on any atom is -0.493 e. The molecule has 0 spiro atoms. The molecule has 0 aliphatic rings. The van der Waals surface area contributed by atoms with Crippen LogP contribution in [0.1, 0.15) is 16.0 Å². The van der Waals surface area contributed by atoms with E-state index in [-0.39, 0.29) is 11.4 Å². The summed E-state index contributed by atoms with van der Waals surface area (Å²) in [5.74, 6) is 1.52. The van der Waals surface area contributed by atoms with Crippen LogP contribution in [0.4, 0.5) is 5.82 Å². The first-order valence-corrected chi connectivity index (χ1v) is 8.81. The van der Waals surface area contributed by atoms with Crippen molar-refractivity contribution in [2.45, 2.75) is 13.5 Å². The molecule has 1 aromatic carbocycles. The zero-order valence-corrected chi connectivity index (χ0v) is 15.3. The van der Waals surface area contributed by atoms with Crippen molar-refractivity contribution in [1.29, 1.82) is 0 Å². The predicted molar refractivity (Wildman–Crippen MR) is 104 cm³/mol. The fourth-order valence-corrected chi connectivity index (χ4v) is 3.01. The van der Waals surface area contributed by atoms with Gasteiger partial charge >= 0.3 is 0 Å². The fraction of sp³-hybridized carbons (Fsp3) is 0.158. The molecule has 0 bridgehead atoms. The van der Waals surface area contributed by atoms with E-state index in [2.05, 4.69) is 5.10 Å². The molecule has 0 aliphatic carbocycles. The number of rotatable bonds is 6. The number of anilines is 1. The SMILES string of the molecule is COc1cc(/C=N\n2c(N)cc(C)cc2=O)ccc1OCc1cccs1. The molecule has 3 aromatic rings.